The fraction of sp³-hybridized carbons (Fsp3) is 1.00. The first-order chi connectivity index (χ1) is 7.20. The summed E-state index contributed by atoms with van der Waals surface area (Å²) in [6.45, 7) is 8.11. The molecule has 0 amide bonds. The molecule has 2 fully saturated rings. The van der Waals surface area contributed by atoms with E-state index >= 15 is 0 Å². The van der Waals surface area contributed by atoms with Gasteiger partial charge in [-0.3, -0.25) is 0 Å². The Morgan fingerprint density at radius 2 is 2.00 bits per heavy atom. The molecule has 0 spiro atoms. The molecule has 2 bridgehead atoms. The van der Waals surface area contributed by atoms with E-state index in [0.717, 1.165) is 36.3 Å². The Bertz CT molecular complexity index is 200. The molecule has 4 unspecified atom stereocenters. The van der Waals surface area contributed by atoms with Crippen LogP contribution in [0.5, 0.6) is 0 Å². The SMILES string of the molecule is CCNC(CC(C)C)C1CC2CCC1C2. The smallest absolute Gasteiger partial charge is 0.0100 e. The van der Waals surface area contributed by atoms with Crippen molar-refractivity contribution in [3.05, 3.63) is 0 Å². The van der Waals surface area contributed by atoms with Crippen molar-refractivity contribution in [3.63, 3.8) is 0 Å². The van der Waals surface area contributed by atoms with Gasteiger partial charge < -0.3 is 5.32 Å². The van der Waals surface area contributed by atoms with Crippen LogP contribution in [0.3, 0.4) is 0 Å². The predicted molar refractivity (Wildman–Crippen MR) is 65.9 cm³/mol. The zero-order chi connectivity index (χ0) is 10.8. The van der Waals surface area contributed by atoms with E-state index in [-0.39, 0.29) is 0 Å². The average molecular weight is 209 g/mol. The van der Waals surface area contributed by atoms with Crippen molar-refractivity contribution in [2.24, 2.45) is 23.7 Å². The highest BCUT2D eigenvalue weighted by Gasteiger charge is 2.42. The van der Waals surface area contributed by atoms with Crippen molar-refractivity contribution in [3.8, 4) is 0 Å². The van der Waals surface area contributed by atoms with Crippen LogP contribution in [0, 0.1) is 23.7 Å². The lowest BCUT2D eigenvalue weighted by atomic mass is 9.80. The van der Waals surface area contributed by atoms with Gasteiger partial charge in [0.15, 0.2) is 0 Å². The highest BCUT2D eigenvalue weighted by molar-refractivity contribution is 4.95. The molecule has 15 heavy (non-hydrogen) atoms. The Morgan fingerprint density at radius 1 is 1.20 bits per heavy atom. The van der Waals surface area contributed by atoms with Crippen molar-refractivity contribution in [1.29, 1.82) is 0 Å². The maximum absolute atomic E-state index is 3.74. The quantitative estimate of drug-likeness (QED) is 0.731. The zero-order valence-corrected chi connectivity index (χ0v) is 10.6. The normalized spacial score (nSPS) is 36.4. The third kappa shape index (κ3) is 2.55. The van der Waals surface area contributed by atoms with Gasteiger partial charge in [-0.1, -0.05) is 27.2 Å². The van der Waals surface area contributed by atoms with Crippen LogP contribution in [0.15, 0.2) is 0 Å². The van der Waals surface area contributed by atoms with Gasteiger partial charge in [0.05, 0.1) is 0 Å². The van der Waals surface area contributed by atoms with E-state index in [9.17, 15) is 0 Å². The fourth-order valence-corrected chi connectivity index (χ4v) is 3.97. The molecule has 0 saturated heterocycles. The Kier molecular flexibility index (Phi) is 3.71. The van der Waals surface area contributed by atoms with Gasteiger partial charge >= 0.3 is 0 Å². The molecule has 0 aliphatic heterocycles. The van der Waals surface area contributed by atoms with E-state index in [4.69, 9.17) is 0 Å². The summed E-state index contributed by atoms with van der Waals surface area (Å²) >= 11 is 0. The number of fused-ring (bicyclic) bond motifs is 2. The summed E-state index contributed by atoms with van der Waals surface area (Å²) in [5.41, 5.74) is 0. The summed E-state index contributed by atoms with van der Waals surface area (Å²) in [6.07, 6.45) is 7.50. The van der Waals surface area contributed by atoms with E-state index in [2.05, 4.69) is 26.1 Å². The van der Waals surface area contributed by atoms with Gasteiger partial charge in [-0.15, -0.1) is 0 Å². The predicted octanol–water partition coefficient (Wildman–Crippen LogP) is 3.45. The first-order valence-electron chi connectivity index (χ1n) is 6.94. The van der Waals surface area contributed by atoms with Crippen LogP contribution in [0.2, 0.25) is 0 Å². The van der Waals surface area contributed by atoms with Gasteiger partial charge in [0.1, 0.15) is 0 Å². The van der Waals surface area contributed by atoms with Crippen molar-refractivity contribution >= 4 is 0 Å². The van der Waals surface area contributed by atoms with Crippen LogP contribution in [0.1, 0.15) is 52.9 Å². The van der Waals surface area contributed by atoms with Crippen molar-refractivity contribution < 1.29 is 0 Å². The molecule has 0 aromatic carbocycles. The average Bonchev–Trinajstić information content (AvgIpc) is 2.77. The summed E-state index contributed by atoms with van der Waals surface area (Å²) in [5.74, 6) is 4.00. The maximum atomic E-state index is 3.74. The Hall–Kier alpha value is -0.0400. The molecule has 2 aliphatic rings. The highest BCUT2D eigenvalue weighted by atomic mass is 14.9. The van der Waals surface area contributed by atoms with Crippen LogP contribution in [0.4, 0.5) is 0 Å². The van der Waals surface area contributed by atoms with Crippen LogP contribution < -0.4 is 5.32 Å². The van der Waals surface area contributed by atoms with Crippen molar-refractivity contribution in [2.75, 3.05) is 6.54 Å². The largest absolute Gasteiger partial charge is 0.314 e. The first-order valence-corrected chi connectivity index (χ1v) is 6.94. The third-order valence-corrected chi connectivity index (χ3v) is 4.50. The van der Waals surface area contributed by atoms with E-state index in [1.165, 1.54) is 25.7 Å². The zero-order valence-electron chi connectivity index (χ0n) is 10.6. The lowest BCUT2D eigenvalue weighted by Gasteiger charge is -2.32. The van der Waals surface area contributed by atoms with Crippen LogP contribution in [0.25, 0.3) is 0 Å². The topological polar surface area (TPSA) is 12.0 Å². The minimum atomic E-state index is 0.810. The number of nitrogens with one attached hydrogen (secondary N) is 1. The molecule has 0 aromatic rings. The highest BCUT2D eigenvalue weighted by Crippen LogP contribution is 2.50. The molecular formula is C14H27N. The van der Waals surface area contributed by atoms with E-state index < -0.39 is 0 Å². The lowest BCUT2D eigenvalue weighted by Crippen LogP contribution is -2.39. The minimum absolute atomic E-state index is 0.810. The lowest BCUT2D eigenvalue weighted by molar-refractivity contribution is 0.226. The second kappa shape index (κ2) is 4.86. The maximum Gasteiger partial charge on any atom is 0.0100 e. The van der Waals surface area contributed by atoms with Gasteiger partial charge in [-0.2, -0.15) is 0 Å². The Labute approximate surface area is 95.0 Å². The number of rotatable bonds is 5. The molecule has 1 N–H and O–H groups in total. The standard InChI is InChI=1S/C14H27N/c1-4-15-14(7-10(2)3)13-9-11-5-6-12(13)8-11/h10-15H,4-9H2,1-3H3. The molecule has 88 valence electrons. The van der Waals surface area contributed by atoms with Gasteiger partial charge in [-0.05, 0) is 55.9 Å². The first kappa shape index (κ1) is 11.4. The van der Waals surface area contributed by atoms with Crippen LogP contribution in [-0.4, -0.2) is 12.6 Å². The molecule has 2 aliphatic carbocycles. The van der Waals surface area contributed by atoms with Gasteiger partial charge in [0.25, 0.3) is 0 Å². The van der Waals surface area contributed by atoms with Crippen LogP contribution >= 0.6 is 0 Å². The second-order valence-electron chi connectivity index (χ2n) is 6.13. The monoisotopic (exact) mass is 209 g/mol. The molecular weight excluding hydrogens is 182 g/mol. The fourth-order valence-electron chi connectivity index (χ4n) is 3.97. The summed E-state index contributed by atoms with van der Waals surface area (Å²) in [4.78, 5) is 0. The van der Waals surface area contributed by atoms with Gasteiger partial charge in [0.2, 0.25) is 0 Å². The van der Waals surface area contributed by atoms with Gasteiger partial charge in [0, 0.05) is 6.04 Å². The molecule has 0 radical (unpaired) electrons. The Morgan fingerprint density at radius 3 is 2.47 bits per heavy atom. The molecule has 2 rings (SSSR count). The number of hydrogen-bond donors (Lipinski definition) is 1. The van der Waals surface area contributed by atoms with Crippen molar-refractivity contribution in [2.45, 2.75) is 58.9 Å². The van der Waals surface area contributed by atoms with E-state index in [0.29, 0.717) is 0 Å². The summed E-state index contributed by atoms with van der Waals surface area (Å²) in [5, 5.41) is 3.74. The number of hydrogen-bond acceptors (Lipinski definition) is 1. The van der Waals surface area contributed by atoms with Crippen molar-refractivity contribution in [1.82, 2.24) is 5.32 Å². The second-order valence-corrected chi connectivity index (χ2v) is 6.13. The molecule has 1 heteroatoms. The molecule has 4 atom stereocenters. The molecule has 0 aromatic heterocycles. The van der Waals surface area contributed by atoms with E-state index in [1.54, 1.807) is 6.42 Å². The van der Waals surface area contributed by atoms with E-state index in [1.807, 2.05) is 0 Å². The summed E-state index contributed by atoms with van der Waals surface area (Å²) < 4.78 is 0. The van der Waals surface area contributed by atoms with Crippen LogP contribution in [-0.2, 0) is 0 Å². The molecule has 2 saturated carbocycles. The third-order valence-electron chi connectivity index (χ3n) is 4.50. The van der Waals surface area contributed by atoms with Gasteiger partial charge in [-0.25, -0.2) is 0 Å². The minimum Gasteiger partial charge on any atom is -0.314 e. The summed E-state index contributed by atoms with van der Waals surface area (Å²) in [6, 6.07) is 0.810. The Balaban J connectivity index is 1.92. The molecule has 1 nitrogen and oxygen atoms in total. The molecule has 0 heterocycles. The summed E-state index contributed by atoms with van der Waals surface area (Å²) in [7, 11) is 0.